The number of rotatable bonds is 9. The van der Waals surface area contributed by atoms with Crippen molar-refractivity contribution in [1.82, 2.24) is 19.6 Å². The normalized spacial score (nSPS) is 13.7. The third-order valence-electron chi connectivity index (χ3n) is 6.85. The summed E-state index contributed by atoms with van der Waals surface area (Å²) in [6.07, 6.45) is 2.43. The topological polar surface area (TPSA) is 126 Å². The van der Waals surface area contributed by atoms with Crippen molar-refractivity contribution in [3.63, 3.8) is 0 Å². The molecule has 0 unspecified atom stereocenters. The van der Waals surface area contributed by atoms with E-state index in [-0.39, 0.29) is 49.9 Å². The SMILES string of the molecule is CCCCOc1c(C(=O)NCc2ccc(F)cc2)nc2c(N3CCN(C(=O)OC(C)(C)C)CC3=O)cc(N(C)C)cn2c1=O. The molecule has 1 fully saturated rings. The van der Waals surface area contributed by atoms with E-state index in [0.29, 0.717) is 23.4 Å². The second kappa shape index (κ2) is 13.3. The molecule has 3 heterocycles. The van der Waals surface area contributed by atoms with E-state index < -0.39 is 34.9 Å². The van der Waals surface area contributed by atoms with Crippen LogP contribution in [0.25, 0.3) is 5.65 Å². The number of pyridine rings is 1. The van der Waals surface area contributed by atoms with E-state index in [1.807, 2.05) is 6.92 Å². The molecular weight excluding hydrogens is 571 g/mol. The number of halogens is 1. The predicted molar refractivity (Wildman–Crippen MR) is 164 cm³/mol. The number of piperazine rings is 1. The van der Waals surface area contributed by atoms with E-state index in [1.165, 1.54) is 26.3 Å². The Labute approximate surface area is 255 Å². The highest BCUT2D eigenvalue weighted by molar-refractivity contribution is 6.01. The highest BCUT2D eigenvalue weighted by Gasteiger charge is 2.33. The van der Waals surface area contributed by atoms with Crippen LogP contribution in [0.4, 0.5) is 20.6 Å². The summed E-state index contributed by atoms with van der Waals surface area (Å²) < 4.78 is 25.9. The van der Waals surface area contributed by atoms with Gasteiger partial charge in [0.2, 0.25) is 11.7 Å². The number of benzene rings is 1. The number of aromatic nitrogens is 2. The van der Waals surface area contributed by atoms with Crippen LogP contribution >= 0.6 is 0 Å². The van der Waals surface area contributed by atoms with Crippen molar-refractivity contribution in [2.45, 2.75) is 52.7 Å². The van der Waals surface area contributed by atoms with Gasteiger partial charge in [-0.25, -0.2) is 14.2 Å². The predicted octanol–water partition coefficient (Wildman–Crippen LogP) is 3.59. The first-order valence-corrected chi connectivity index (χ1v) is 14.5. The molecule has 1 aromatic carbocycles. The molecule has 0 spiro atoms. The molecule has 13 heteroatoms. The van der Waals surface area contributed by atoms with Crippen LogP contribution < -0.4 is 25.4 Å². The molecule has 236 valence electrons. The maximum Gasteiger partial charge on any atom is 0.410 e. The zero-order valence-electron chi connectivity index (χ0n) is 26.0. The summed E-state index contributed by atoms with van der Waals surface area (Å²) >= 11 is 0. The molecule has 2 aromatic heterocycles. The van der Waals surface area contributed by atoms with Gasteiger partial charge >= 0.3 is 11.7 Å². The Morgan fingerprint density at radius 2 is 1.82 bits per heavy atom. The molecule has 1 N–H and O–H groups in total. The number of hydrogen-bond acceptors (Lipinski definition) is 8. The van der Waals surface area contributed by atoms with Crippen molar-refractivity contribution in [3.05, 3.63) is 64.0 Å². The minimum atomic E-state index is -0.719. The number of hydrogen-bond donors (Lipinski definition) is 1. The Hall–Kier alpha value is -4.68. The van der Waals surface area contributed by atoms with Gasteiger partial charge in [-0.1, -0.05) is 25.5 Å². The van der Waals surface area contributed by atoms with E-state index in [4.69, 9.17) is 9.47 Å². The fourth-order valence-electron chi connectivity index (χ4n) is 4.52. The van der Waals surface area contributed by atoms with Gasteiger partial charge < -0.3 is 24.6 Å². The summed E-state index contributed by atoms with van der Waals surface area (Å²) in [7, 11) is 3.59. The van der Waals surface area contributed by atoms with Crippen LogP contribution in [0.2, 0.25) is 0 Å². The number of amides is 3. The number of unbranched alkanes of at least 4 members (excludes halogenated alkanes) is 1. The Bertz CT molecular complexity index is 1600. The molecule has 0 radical (unpaired) electrons. The summed E-state index contributed by atoms with van der Waals surface area (Å²) in [4.78, 5) is 62.6. The zero-order valence-corrected chi connectivity index (χ0v) is 26.0. The van der Waals surface area contributed by atoms with Crippen molar-refractivity contribution in [2.24, 2.45) is 0 Å². The molecule has 1 saturated heterocycles. The van der Waals surface area contributed by atoms with Crippen molar-refractivity contribution in [2.75, 3.05) is 50.1 Å². The van der Waals surface area contributed by atoms with Crippen LogP contribution in [0, 0.1) is 5.82 Å². The second-order valence-electron chi connectivity index (χ2n) is 11.7. The Morgan fingerprint density at radius 1 is 1.11 bits per heavy atom. The Kier molecular flexibility index (Phi) is 9.75. The van der Waals surface area contributed by atoms with Gasteiger partial charge in [-0.05, 0) is 51.0 Å². The third kappa shape index (κ3) is 7.44. The molecule has 1 aliphatic heterocycles. The van der Waals surface area contributed by atoms with Gasteiger partial charge in [0, 0.05) is 39.9 Å². The van der Waals surface area contributed by atoms with Crippen molar-refractivity contribution in [3.8, 4) is 5.75 Å². The number of carbonyl (C=O) groups is 3. The zero-order chi connectivity index (χ0) is 32.2. The van der Waals surface area contributed by atoms with Gasteiger partial charge in [0.15, 0.2) is 11.3 Å². The maximum atomic E-state index is 13.9. The highest BCUT2D eigenvalue weighted by atomic mass is 19.1. The number of nitrogens with zero attached hydrogens (tertiary/aromatic N) is 5. The van der Waals surface area contributed by atoms with Gasteiger partial charge in [0.05, 0.1) is 18.0 Å². The molecule has 0 saturated carbocycles. The van der Waals surface area contributed by atoms with E-state index >= 15 is 0 Å². The number of fused-ring (bicyclic) bond motifs is 1. The van der Waals surface area contributed by atoms with Gasteiger partial charge in [-0.2, -0.15) is 0 Å². The fraction of sp³-hybridized carbons (Fsp3) is 0.452. The van der Waals surface area contributed by atoms with Gasteiger partial charge in [-0.3, -0.25) is 23.7 Å². The van der Waals surface area contributed by atoms with Crippen LogP contribution in [-0.2, 0) is 16.1 Å². The summed E-state index contributed by atoms with van der Waals surface area (Å²) in [6, 6.07) is 7.37. The minimum absolute atomic E-state index is 0.0616. The molecule has 0 aliphatic carbocycles. The number of nitrogens with one attached hydrogen (secondary N) is 1. The maximum absolute atomic E-state index is 13.9. The van der Waals surface area contributed by atoms with E-state index in [9.17, 15) is 23.6 Å². The smallest absolute Gasteiger partial charge is 0.410 e. The van der Waals surface area contributed by atoms with Crippen LogP contribution in [0.15, 0.2) is 41.3 Å². The molecular formula is C31H39FN6O6. The summed E-state index contributed by atoms with van der Waals surface area (Å²) in [6.45, 7) is 7.54. The number of carbonyl (C=O) groups excluding carboxylic acids is 3. The van der Waals surface area contributed by atoms with E-state index in [0.717, 1.165) is 6.42 Å². The van der Waals surface area contributed by atoms with Gasteiger partial charge in [-0.15, -0.1) is 0 Å². The molecule has 12 nitrogen and oxygen atoms in total. The Balaban J connectivity index is 1.77. The molecule has 3 amide bonds. The van der Waals surface area contributed by atoms with E-state index in [2.05, 4.69) is 10.3 Å². The fourth-order valence-corrected chi connectivity index (χ4v) is 4.52. The summed E-state index contributed by atoms with van der Waals surface area (Å²) in [5, 5.41) is 2.73. The van der Waals surface area contributed by atoms with Crippen molar-refractivity contribution in [1.29, 1.82) is 0 Å². The van der Waals surface area contributed by atoms with Crippen molar-refractivity contribution < 1.29 is 28.2 Å². The van der Waals surface area contributed by atoms with Gasteiger partial charge in [0.25, 0.3) is 5.91 Å². The number of anilines is 2. The average molecular weight is 611 g/mol. The van der Waals surface area contributed by atoms with E-state index in [1.54, 1.807) is 64.2 Å². The standard InChI is InChI=1S/C31H39FN6O6/c1-7-8-15-43-26-25(28(40)33-17-20-9-11-21(32)12-10-20)34-27-23(16-22(35(5)6)18-38(27)29(26)41)37-14-13-36(19-24(37)39)30(42)44-31(2,3)4/h9-12,16,18H,7-8,13-15,17,19H2,1-6H3,(H,33,40). The van der Waals surface area contributed by atoms with Crippen LogP contribution in [-0.4, -0.2) is 78.1 Å². The lowest BCUT2D eigenvalue weighted by Crippen LogP contribution is -2.53. The van der Waals surface area contributed by atoms with Gasteiger partial charge in [0.1, 0.15) is 18.0 Å². The lowest BCUT2D eigenvalue weighted by Gasteiger charge is -2.35. The molecule has 1 aliphatic rings. The first-order valence-electron chi connectivity index (χ1n) is 14.5. The molecule has 0 atom stereocenters. The number of ether oxygens (including phenoxy) is 2. The van der Waals surface area contributed by atoms with Crippen LogP contribution in [0.5, 0.6) is 5.75 Å². The minimum Gasteiger partial charge on any atom is -0.486 e. The molecule has 3 aromatic rings. The molecule has 4 rings (SSSR count). The van der Waals surface area contributed by atoms with Crippen LogP contribution in [0.1, 0.15) is 56.6 Å². The molecule has 0 bridgehead atoms. The third-order valence-corrected chi connectivity index (χ3v) is 6.85. The average Bonchev–Trinajstić information content (AvgIpc) is 2.96. The highest BCUT2D eigenvalue weighted by Crippen LogP contribution is 2.29. The summed E-state index contributed by atoms with van der Waals surface area (Å²) in [5.74, 6) is -1.68. The largest absolute Gasteiger partial charge is 0.486 e. The van der Waals surface area contributed by atoms with Crippen LogP contribution in [0.3, 0.4) is 0 Å². The molecule has 44 heavy (non-hydrogen) atoms. The summed E-state index contributed by atoms with van der Waals surface area (Å²) in [5.41, 5.74) is 0.0738. The lowest BCUT2D eigenvalue weighted by atomic mass is 10.2. The second-order valence-corrected chi connectivity index (χ2v) is 11.7. The lowest BCUT2D eigenvalue weighted by molar-refractivity contribution is -0.121. The first kappa shape index (κ1) is 32.2. The monoisotopic (exact) mass is 610 g/mol. The van der Waals surface area contributed by atoms with Crippen molar-refractivity contribution >= 4 is 34.9 Å². The Morgan fingerprint density at radius 3 is 2.43 bits per heavy atom. The quantitative estimate of drug-likeness (QED) is 0.365. The first-order chi connectivity index (χ1) is 20.8.